The van der Waals surface area contributed by atoms with E-state index in [0.29, 0.717) is 12.8 Å². The summed E-state index contributed by atoms with van der Waals surface area (Å²) in [6.45, 7) is 4.07. The number of esters is 2. The van der Waals surface area contributed by atoms with Gasteiger partial charge in [0.2, 0.25) is 0 Å². The van der Waals surface area contributed by atoms with E-state index >= 15 is 0 Å². The molecule has 1 unspecified atom stereocenters. The van der Waals surface area contributed by atoms with Gasteiger partial charge in [0.1, 0.15) is 6.61 Å². The topological polar surface area (TPSA) is 72.8 Å². The van der Waals surface area contributed by atoms with Crippen LogP contribution in [-0.2, 0) is 19.1 Å². The van der Waals surface area contributed by atoms with Crippen molar-refractivity contribution in [3.05, 3.63) is 60.8 Å². The van der Waals surface area contributed by atoms with Crippen molar-refractivity contribution in [2.45, 2.75) is 354 Å². The summed E-state index contributed by atoms with van der Waals surface area (Å²) in [6.07, 6.45) is 88.2. The predicted molar refractivity (Wildman–Crippen MR) is 325 cm³/mol. The van der Waals surface area contributed by atoms with Crippen LogP contribution in [0, 0.1) is 0 Å². The number of unbranched alkanes of at least 4 members (excludes halogenated alkanes) is 43. The molecule has 1 N–H and O–H groups in total. The van der Waals surface area contributed by atoms with Crippen molar-refractivity contribution in [2.75, 3.05) is 13.2 Å². The van der Waals surface area contributed by atoms with Gasteiger partial charge in [-0.15, -0.1) is 0 Å². The monoisotopic (exact) mass is 1030 g/mol. The summed E-state index contributed by atoms with van der Waals surface area (Å²) in [5.41, 5.74) is 0. The van der Waals surface area contributed by atoms with E-state index in [4.69, 9.17) is 9.47 Å². The zero-order valence-electron chi connectivity index (χ0n) is 49.6. The third-order valence-corrected chi connectivity index (χ3v) is 14.8. The van der Waals surface area contributed by atoms with Crippen LogP contribution in [0.1, 0.15) is 348 Å². The number of carbonyl (C=O) groups excluding carboxylic acids is 2. The summed E-state index contributed by atoms with van der Waals surface area (Å²) in [5.74, 6) is -0.581. The Kier molecular flexibility index (Phi) is 62.8. The summed E-state index contributed by atoms with van der Waals surface area (Å²) in [4.78, 5) is 24.6. The number of ether oxygens (including phenoxy) is 2. The highest BCUT2D eigenvalue weighted by atomic mass is 16.6. The summed E-state index contributed by atoms with van der Waals surface area (Å²) in [5, 5.41) is 9.68. The first-order chi connectivity index (χ1) is 36.6. The second kappa shape index (κ2) is 64.9. The third-order valence-electron chi connectivity index (χ3n) is 14.8. The van der Waals surface area contributed by atoms with Crippen LogP contribution in [-0.4, -0.2) is 36.4 Å². The lowest BCUT2D eigenvalue weighted by Gasteiger charge is -2.15. The zero-order valence-corrected chi connectivity index (χ0v) is 49.6. The smallest absolute Gasteiger partial charge is 0.306 e. The second-order valence-corrected chi connectivity index (χ2v) is 22.2. The Labute approximate surface area is 461 Å². The molecule has 0 aliphatic carbocycles. The molecule has 0 radical (unpaired) electrons. The lowest BCUT2D eigenvalue weighted by molar-refractivity contribution is -0.161. The summed E-state index contributed by atoms with van der Waals surface area (Å²) >= 11 is 0. The van der Waals surface area contributed by atoms with Crippen LogP contribution in [0.2, 0.25) is 0 Å². The number of hydrogen-bond donors (Lipinski definition) is 1. The van der Waals surface area contributed by atoms with Crippen LogP contribution >= 0.6 is 0 Å². The number of hydrogen-bond acceptors (Lipinski definition) is 5. The van der Waals surface area contributed by atoms with Crippen molar-refractivity contribution >= 4 is 11.9 Å². The van der Waals surface area contributed by atoms with E-state index in [-0.39, 0.29) is 25.2 Å². The van der Waals surface area contributed by atoms with Gasteiger partial charge in [0.25, 0.3) is 0 Å². The molecule has 0 aromatic rings. The molecule has 74 heavy (non-hydrogen) atoms. The molecule has 0 aromatic carbocycles. The Bertz CT molecular complexity index is 1260. The SMILES string of the molecule is CC/C=C\C/C=C\C/C=C\C/C=C\CCCCCCCCCCCCC(=O)OC(CO)COC(=O)CCCCCCCCCCCCCCCCCCCCCCCCCCC/C=C\CCCCCCCCCC. The molecule has 0 bridgehead atoms. The fourth-order valence-corrected chi connectivity index (χ4v) is 9.90. The lowest BCUT2D eigenvalue weighted by atomic mass is 10.0. The maximum absolute atomic E-state index is 12.3. The van der Waals surface area contributed by atoms with Gasteiger partial charge in [-0.25, -0.2) is 0 Å². The average molecular weight is 1040 g/mol. The van der Waals surface area contributed by atoms with Gasteiger partial charge in [-0.1, -0.05) is 319 Å². The van der Waals surface area contributed by atoms with E-state index in [2.05, 4.69) is 74.6 Å². The van der Waals surface area contributed by atoms with E-state index in [0.717, 1.165) is 64.2 Å². The van der Waals surface area contributed by atoms with Crippen molar-refractivity contribution in [3.63, 3.8) is 0 Å². The quantitative estimate of drug-likeness (QED) is 0.0373. The molecule has 0 spiro atoms. The van der Waals surface area contributed by atoms with Crippen LogP contribution in [0.3, 0.4) is 0 Å². The molecule has 0 fully saturated rings. The molecule has 0 aliphatic rings. The normalized spacial score (nSPS) is 12.5. The van der Waals surface area contributed by atoms with Crippen molar-refractivity contribution in [2.24, 2.45) is 0 Å². The Morgan fingerprint density at radius 2 is 0.581 bits per heavy atom. The minimum Gasteiger partial charge on any atom is -0.462 e. The van der Waals surface area contributed by atoms with Crippen LogP contribution in [0.15, 0.2) is 60.8 Å². The maximum Gasteiger partial charge on any atom is 0.306 e. The molecule has 0 heterocycles. The van der Waals surface area contributed by atoms with Crippen LogP contribution < -0.4 is 0 Å². The van der Waals surface area contributed by atoms with Gasteiger partial charge in [-0.05, 0) is 77.0 Å². The summed E-state index contributed by atoms with van der Waals surface area (Å²) < 4.78 is 10.7. The molecule has 5 nitrogen and oxygen atoms in total. The van der Waals surface area contributed by atoms with Crippen LogP contribution in [0.5, 0.6) is 0 Å². The molecule has 0 saturated heterocycles. The van der Waals surface area contributed by atoms with E-state index in [1.165, 1.54) is 257 Å². The van der Waals surface area contributed by atoms with Gasteiger partial charge in [-0.2, -0.15) is 0 Å². The van der Waals surface area contributed by atoms with E-state index in [9.17, 15) is 14.7 Å². The summed E-state index contributed by atoms with van der Waals surface area (Å²) in [7, 11) is 0. The molecule has 432 valence electrons. The largest absolute Gasteiger partial charge is 0.462 e. The molecular weight excluding hydrogens is 909 g/mol. The highest BCUT2D eigenvalue weighted by Gasteiger charge is 2.16. The van der Waals surface area contributed by atoms with Crippen molar-refractivity contribution in [3.8, 4) is 0 Å². The fraction of sp³-hybridized carbons (Fsp3) is 0.826. The standard InChI is InChI=1S/C69H126O5/c1-3-5-7-9-11-13-15-17-19-21-23-25-27-28-29-30-31-32-33-34-35-36-37-38-39-40-42-43-45-47-49-51-53-55-57-59-61-63-68(71)73-66-67(65-70)74-69(72)64-62-60-58-56-54-52-50-48-46-44-41-26-24-22-20-18-16-14-12-10-8-6-4-2/h6,8,12,14,18,20-21,23-24,26,67,70H,3-5,7,9-11,13,15-17,19,22,25,27-66H2,1-2H3/b8-6-,14-12-,20-18-,23-21-,26-24-. The van der Waals surface area contributed by atoms with Crippen molar-refractivity contribution in [1.29, 1.82) is 0 Å². The third kappa shape index (κ3) is 62.1. The van der Waals surface area contributed by atoms with Crippen LogP contribution in [0.4, 0.5) is 0 Å². The van der Waals surface area contributed by atoms with Gasteiger partial charge in [-0.3, -0.25) is 9.59 Å². The Morgan fingerprint density at radius 1 is 0.324 bits per heavy atom. The van der Waals surface area contributed by atoms with Crippen LogP contribution in [0.25, 0.3) is 0 Å². The molecular formula is C69H126O5. The van der Waals surface area contributed by atoms with Gasteiger partial charge in [0.15, 0.2) is 6.10 Å². The van der Waals surface area contributed by atoms with E-state index < -0.39 is 6.10 Å². The number of carbonyl (C=O) groups is 2. The highest BCUT2D eigenvalue weighted by molar-refractivity contribution is 5.70. The van der Waals surface area contributed by atoms with Gasteiger partial charge in [0.05, 0.1) is 6.61 Å². The number of aliphatic hydroxyl groups excluding tert-OH is 1. The first-order valence-corrected chi connectivity index (χ1v) is 32.8. The Balaban J connectivity index is 3.40. The minimum absolute atomic E-state index is 0.0653. The second-order valence-electron chi connectivity index (χ2n) is 22.2. The maximum atomic E-state index is 12.3. The molecule has 1 atom stereocenters. The molecule has 0 rings (SSSR count). The first-order valence-electron chi connectivity index (χ1n) is 32.8. The number of rotatable bonds is 61. The molecule has 0 aliphatic heterocycles. The van der Waals surface area contributed by atoms with E-state index in [1.807, 2.05) is 0 Å². The molecule has 5 heteroatoms. The van der Waals surface area contributed by atoms with Crippen molar-refractivity contribution < 1.29 is 24.2 Å². The van der Waals surface area contributed by atoms with Gasteiger partial charge in [0, 0.05) is 12.8 Å². The van der Waals surface area contributed by atoms with Gasteiger partial charge < -0.3 is 14.6 Å². The highest BCUT2D eigenvalue weighted by Crippen LogP contribution is 2.18. The number of aliphatic hydroxyl groups is 1. The average Bonchev–Trinajstić information content (AvgIpc) is 3.40. The lowest BCUT2D eigenvalue weighted by Crippen LogP contribution is -2.28. The Hall–Kier alpha value is -2.40. The minimum atomic E-state index is -0.776. The fourth-order valence-electron chi connectivity index (χ4n) is 9.90. The first kappa shape index (κ1) is 71.6. The molecule has 0 aromatic heterocycles. The summed E-state index contributed by atoms with van der Waals surface area (Å²) in [6, 6.07) is 0. The van der Waals surface area contributed by atoms with E-state index in [1.54, 1.807) is 0 Å². The van der Waals surface area contributed by atoms with Crippen molar-refractivity contribution in [1.82, 2.24) is 0 Å². The predicted octanol–water partition coefficient (Wildman–Crippen LogP) is 22.5. The molecule has 0 amide bonds. The Morgan fingerprint density at radius 3 is 0.892 bits per heavy atom. The van der Waals surface area contributed by atoms with Gasteiger partial charge >= 0.3 is 11.9 Å². The number of allylic oxidation sites excluding steroid dienone is 10. The molecule has 0 saturated carbocycles. The zero-order chi connectivity index (χ0) is 53.4.